The summed E-state index contributed by atoms with van der Waals surface area (Å²) >= 11 is 1.27. The van der Waals surface area contributed by atoms with Crippen molar-refractivity contribution in [2.45, 2.75) is 0 Å². The fourth-order valence-electron chi connectivity index (χ4n) is 1.96. The molecule has 1 aromatic carbocycles. The van der Waals surface area contributed by atoms with Crippen molar-refractivity contribution in [1.29, 1.82) is 0 Å². The second-order valence-electron chi connectivity index (χ2n) is 4.21. The highest BCUT2D eigenvalue weighted by atomic mass is 32.1. The van der Waals surface area contributed by atoms with E-state index in [1.165, 1.54) is 11.3 Å². The molecule has 0 bridgehead atoms. The molecular weight excluding hydrogens is 272 g/mol. The summed E-state index contributed by atoms with van der Waals surface area (Å²) in [6.07, 6.45) is 1.61. The zero-order valence-corrected chi connectivity index (χ0v) is 11.4. The number of rotatable bonds is 3. The molecule has 0 saturated carbocycles. The highest BCUT2D eigenvalue weighted by Gasteiger charge is 2.19. The zero-order chi connectivity index (χ0) is 14.1. The number of nitrogens with two attached hydrogens (primary N) is 1. The van der Waals surface area contributed by atoms with E-state index in [1.807, 2.05) is 24.3 Å². The molecule has 0 radical (unpaired) electrons. The molecule has 2 aromatic heterocycles. The summed E-state index contributed by atoms with van der Waals surface area (Å²) in [7, 11) is 0. The number of carbonyl (C=O) groups excluding carboxylic acids is 1. The molecule has 2 heterocycles. The summed E-state index contributed by atoms with van der Waals surface area (Å²) in [5, 5.41) is 3.15. The van der Waals surface area contributed by atoms with Crippen LogP contribution in [-0.2, 0) is 0 Å². The summed E-state index contributed by atoms with van der Waals surface area (Å²) < 4.78 is 0. The van der Waals surface area contributed by atoms with Crippen LogP contribution in [0.2, 0.25) is 0 Å². The molecule has 0 aliphatic carbocycles. The highest BCUT2D eigenvalue weighted by Crippen LogP contribution is 2.32. The van der Waals surface area contributed by atoms with Gasteiger partial charge in [0.1, 0.15) is 20.9 Å². The molecule has 0 spiro atoms. The monoisotopic (exact) mass is 284 g/mol. The summed E-state index contributed by atoms with van der Waals surface area (Å²) in [4.78, 5) is 21.8. The Labute approximate surface area is 119 Å². The van der Waals surface area contributed by atoms with Crippen molar-refractivity contribution in [3.8, 4) is 0 Å². The molecule has 0 aliphatic heterocycles. The van der Waals surface area contributed by atoms with E-state index in [-0.39, 0.29) is 5.91 Å². The van der Waals surface area contributed by atoms with Crippen molar-refractivity contribution in [3.05, 3.63) is 42.5 Å². The van der Waals surface area contributed by atoms with Crippen LogP contribution in [0.25, 0.3) is 21.4 Å². The van der Waals surface area contributed by atoms with Crippen LogP contribution in [-0.4, -0.2) is 22.4 Å². The Morgan fingerprint density at radius 1 is 1.35 bits per heavy atom. The van der Waals surface area contributed by atoms with E-state index < -0.39 is 0 Å². The van der Waals surface area contributed by atoms with E-state index >= 15 is 0 Å². The van der Waals surface area contributed by atoms with Crippen molar-refractivity contribution in [2.75, 3.05) is 12.3 Å². The van der Waals surface area contributed by atoms with Gasteiger partial charge in [-0.2, -0.15) is 0 Å². The van der Waals surface area contributed by atoms with Gasteiger partial charge in [0.15, 0.2) is 0 Å². The van der Waals surface area contributed by atoms with E-state index in [0.29, 0.717) is 27.5 Å². The van der Waals surface area contributed by atoms with E-state index in [2.05, 4.69) is 21.9 Å². The average Bonchev–Trinajstić information content (AvgIpc) is 2.77. The van der Waals surface area contributed by atoms with Crippen LogP contribution < -0.4 is 11.1 Å². The van der Waals surface area contributed by atoms with E-state index in [9.17, 15) is 4.79 Å². The second-order valence-corrected chi connectivity index (χ2v) is 5.24. The first-order chi connectivity index (χ1) is 9.70. The predicted molar refractivity (Wildman–Crippen MR) is 81.9 cm³/mol. The average molecular weight is 284 g/mol. The summed E-state index contributed by atoms with van der Waals surface area (Å²) in [6, 6.07) is 7.53. The first-order valence-electron chi connectivity index (χ1n) is 6.04. The van der Waals surface area contributed by atoms with Crippen LogP contribution in [0.5, 0.6) is 0 Å². The highest BCUT2D eigenvalue weighted by molar-refractivity contribution is 7.22. The minimum Gasteiger partial charge on any atom is -0.390 e. The van der Waals surface area contributed by atoms with Gasteiger partial charge in [0.05, 0.1) is 11.0 Å². The molecule has 0 unspecified atom stereocenters. The molecule has 100 valence electrons. The lowest BCUT2D eigenvalue weighted by molar-refractivity contribution is 0.0960. The van der Waals surface area contributed by atoms with Gasteiger partial charge in [-0.1, -0.05) is 29.5 Å². The summed E-state index contributed by atoms with van der Waals surface area (Å²) in [5.41, 5.74) is 8.42. The number of hydrogen-bond acceptors (Lipinski definition) is 5. The number of amides is 1. The summed E-state index contributed by atoms with van der Waals surface area (Å²) in [6.45, 7) is 3.95. The Balaban J connectivity index is 2.21. The zero-order valence-electron chi connectivity index (χ0n) is 10.6. The number of nitrogens with one attached hydrogen (secondary N) is 1. The van der Waals surface area contributed by atoms with Crippen LogP contribution in [0.15, 0.2) is 36.9 Å². The Kier molecular flexibility index (Phi) is 3.08. The maximum absolute atomic E-state index is 12.1. The fourth-order valence-corrected chi connectivity index (χ4v) is 2.85. The normalized spacial score (nSPS) is 10.8. The van der Waals surface area contributed by atoms with Crippen LogP contribution in [0, 0.1) is 0 Å². The topological polar surface area (TPSA) is 80.9 Å². The molecule has 3 aromatic rings. The molecule has 5 nitrogen and oxygen atoms in total. The van der Waals surface area contributed by atoms with Crippen LogP contribution in [0.4, 0.5) is 5.00 Å². The van der Waals surface area contributed by atoms with Crippen molar-refractivity contribution in [3.63, 3.8) is 0 Å². The number of nitrogen functional groups attached to an aromatic ring is 1. The number of thiophene rings is 1. The minimum atomic E-state index is -0.252. The quantitative estimate of drug-likeness (QED) is 0.723. The molecule has 0 fully saturated rings. The van der Waals surface area contributed by atoms with Gasteiger partial charge in [0, 0.05) is 6.54 Å². The molecule has 1 amide bonds. The molecule has 3 rings (SSSR count). The number of para-hydroxylation sites is 2. The van der Waals surface area contributed by atoms with Gasteiger partial charge in [0.25, 0.3) is 5.91 Å². The molecular formula is C14H12N4OS. The predicted octanol–water partition coefficient (Wildman–Crippen LogP) is 2.34. The first kappa shape index (κ1) is 12.6. The molecule has 0 saturated heterocycles. The third kappa shape index (κ3) is 2.00. The number of fused-ring (bicyclic) bond motifs is 2. The SMILES string of the molecule is C=CCNC(=O)c1c(N)sc2nc3ccccc3nc12. The molecule has 0 atom stereocenters. The molecule has 6 heteroatoms. The lowest BCUT2D eigenvalue weighted by Gasteiger charge is -2.02. The van der Waals surface area contributed by atoms with Crippen molar-refractivity contribution < 1.29 is 4.79 Å². The van der Waals surface area contributed by atoms with E-state index in [4.69, 9.17) is 5.73 Å². The Morgan fingerprint density at radius 3 is 2.75 bits per heavy atom. The largest absolute Gasteiger partial charge is 0.390 e. The molecule has 20 heavy (non-hydrogen) atoms. The number of aromatic nitrogens is 2. The van der Waals surface area contributed by atoms with Gasteiger partial charge >= 0.3 is 0 Å². The summed E-state index contributed by atoms with van der Waals surface area (Å²) in [5.74, 6) is -0.252. The van der Waals surface area contributed by atoms with Crippen molar-refractivity contribution in [2.24, 2.45) is 0 Å². The number of nitrogens with zero attached hydrogens (tertiary/aromatic N) is 2. The van der Waals surface area contributed by atoms with Gasteiger partial charge < -0.3 is 11.1 Å². The molecule has 3 N–H and O–H groups in total. The standard InChI is InChI=1S/C14H12N4OS/c1-2-7-16-13(19)10-11-14(20-12(10)15)18-9-6-4-3-5-8(9)17-11/h2-6H,1,7,15H2,(H,16,19). The van der Waals surface area contributed by atoms with Crippen LogP contribution >= 0.6 is 11.3 Å². The second kappa shape index (κ2) is 4.90. The Bertz CT molecular complexity index is 825. The van der Waals surface area contributed by atoms with Gasteiger partial charge in [-0.05, 0) is 12.1 Å². The number of benzene rings is 1. The Hall–Kier alpha value is -2.47. The Morgan fingerprint density at radius 2 is 2.05 bits per heavy atom. The van der Waals surface area contributed by atoms with Gasteiger partial charge in [-0.15, -0.1) is 6.58 Å². The third-order valence-electron chi connectivity index (χ3n) is 2.86. The number of carbonyl (C=O) groups is 1. The van der Waals surface area contributed by atoms with Crippen LogP contribution in [0.1, 0.15) is 10.4 Å². The smallest absolute Gasteiger partial charge is 0.256 e. The van der Waals surface area contributed by atoms with Gasteiger partial charge in [-0.25, -0.2) is 9.97 Å². The maximum Gasteiger partial charge on any atom is 0.256 e. The third-order valence-corrected chi connectivity index (χ3v) is 3.76. The van der Waals surface area contributed by atoms with Crippen molar-refractivity contribution >= 4 is 43.6 Å². The van der Waals surface area contributed by atoms with Gasteiger partial charge in [-0.3, -0.25) is 4.79 Å². The number of anilines is 1. The molecule has 0 aliphatic rings. The van der Waals surface area contributed by atoms with Crippen molar-refractivity contribution in [1.82, 2.24) is 15.3 Å². The fraction of sp³-hybridized carbons (Fsp3) is 0.0714. The van der Waals surface area contributed by atoms with E-state index in [0.717, 1.165) is 11.0 Å². The minimum absolute atomic E-state index is 0.252. The lowest BCUT2D eigenvalue weighted by Crippen LogP contribution is -2.23. The number of hydrogen-bond donors (Lipinski definition) is 2. The van der Waals surface area contributed by atoms with E-state index in [1.54, 1.807) is 6.08 Å². The van der Waals surface area contributed by atoms with Crippen LogP contribution in [0.3, 0.4) is 0 Å². The lowest BCUT2D eigenvalue weighted by atomic mass is 10.2. The first-order valence-corrected chi connectivity index (χ1v) is 6.86. The van der Waals surface area contributed by atoms with Gasteiger partial charge in [0.2, 0.25) is 0 Å². The maximum atomic E-state index is 12.1.